The Balaban J connectivity index is -0.000000109. The molecule has 0 aliphatic heterocycles. The van der Waals surface area contributed by atoms with E-state index in [-0.39, 0.29) is 29.6 Å². The van der Waals surface area contributed by atoms with Crippen LogP contribution in [0.15, 0.2) is 0 Å². The van der Waals surface area contributed by atoms with Crippen molar-refractivity contribution in [2.24, 2.45) is 0 Å². The molecule has 0 aromatic heterocycles. The summed E-state index contributed by atoms with van der Waals surface area (Å²) in [5, 5.41) is 0. The molecule has 0 aliphatic rings. The van der Waals surface area contributed by atoms with Crippen LogP contribution < -0.4 is 34.5 Å². The average Bonchev–Trinajstić information content (AvgIpc) is 1.71. The van der Waals surface area contributed by atoms with Crippen molar-refractivity contribution >= 4 is 7.82 Å². The zero-order valence-electron chi connectivity index (χ0n) is 4.35. The van der Waals surface area contributed by atoms with E-state index < -0.39 is 7.82 Å². The molecule has 9 heavy (non-hydrogen) atoms. The molecular weight excluding hydrogens is 204 g/mol. The van der Waals surface area contributed by atoms with Gasteiger partial charge in [-0.2, -0.15) is 0 Å². The second-order valence-electron chi connectivity index (χ2n) is 0.538. The first-order chi connectivity index (χ1) is 3.56. The molecule has 49 valence electrons. The minimum absolute atomic E-state index is 0. The van der Waals surface area contributed by atoms with E-state index in [1.54, 1.807) is 0 Å². The summed E-state index contributed by atoms with van der Waals surface area (Å²) in [6.45, 7) is 0. The van der Waals surface area contributed by atoms with Gasteiger partial charge in [-0.1, -0.05) is 0 Å². The first-order valence-corrected chi connectivity index (χ1v) is 3.15. The summed E-state index contributed by atoms with van der Waals surface area (Å²) in [4.78, 5) is 16.2. The zero-order valence-corrected chi connectivity index (χ0v) is 8.64. The monoisotopic (exact) mass is 205 g/mol. The molecule has 0 radical (unpaired) electrons. The molecule has 1 N–H and O–H groups in total. The van der Waals surface area contributed by atoms with E-state index in [4.69, 9.17) is 18.0 Å². The van der Waals surface area contributed by atoms with Crippen molar-refractivity contribution in [3.8, 4) is 0 Å². The van der Waals surface area contributed by atoms with Gasteiger partial charge in [0.25, 0.3) is 0 Å². The van der Waals surface area contributed by atoms with E-state index in [1.165, 1.54) is 0 Å². The Morgan fingerprint density at radius 2 is 1.78 bits per heavy atom. The van der Waals surface area contributed by atoms with E-state index >= 15 is 0 Å². The van der Waals surface area contributed by atoms with E-state index in [2.05, 4.69) is 0 Å². The topological polar surface area (TPSA) is 86.7 Å². The molecule has 5 nitrogen and oxygen atoms in total. The summed E-state index contributed by atoms with van der Waals surface area (Å²) in [6, 6.07) is 0. The molecule has 9 heteroatoms. The van der Waals surface area contributed by atoms with Crippen molar-refractivity contribution in [3.05, 3.63) is 0 Å². The Morgan fingerprint density at radius 3 is 1.78 bits per heavy atom. The number of rotatable bonds is 1. The number of phosphoric acid groups is 1. The van der Waals surface area contributed by atoms with Gasteiger partial charge in [0.2, 0.25) is 0 Å². The third-order valence-electron chi connectivity index (χ3n) is 0.0872. The Hall–Kier alpha value is 1.42. The van der Waals surface area contributed by atoms with Crippen LogP contribution in [0.25, 0.3) is 0 Å². The first-order valence-electron chi connectivity index (χ1n) is 1.08. The summed E-state index contributed by atoms with van der Waals surface area (Å²) in [7, 11) is -5.06. The zero-order chi connectivity index (χ0) is 7.21. The van der Waals surface area contributed by atoms with Crippen LogP contribution >= 0.6 is 7.82 Å². The average molecular weight is 205 g/mol. The Bertz CT molecular complexity index is 91.0. The molecule has 0 aromatic rings. The quantitative estimate of drug-likeness (QED) is 0.350. The molecular formula is HFNaO5PV. The molecule has 0 aromatic carbocycles. The predicted molar refractivity (Wildman–Crippen MR) is 12.7 cm³/mol. The first kappa shape index (κ1) is 16.8. The van der Waals surface area contributed by atoms with Crippen LogP contribution in [-0.2, 0) is 30.3 Å². The van der Waals surface area contributed by atoms with Gasteiger partial charge in [0.1, 0.15) is 0 Å². The fourth-order valence-corrected chi connectivity index (χ4v) is 0. The number of hydrogen-bond donors (Lipinski definition) is 1. The van der Waals surface area contributed by atoms with Crippen LogP contribution in [0, 0.1) is 0 Å². The molecule has 0 heterocycles. The summed E-state index contributed by atoms with van der Waals surface area (Å²) in [5.74, 6) is 0. The number of hydrogen-bond acceptors (Lipinski definition) is 4. The van der Waals surface area contributed by atoms with Gasteiger partial charge in [-0.3, -0.25) is 4.57 Å². The summed E-state index contributed by atoms with van der Waals surface area (Å²) >= 11 is 1.06. The van der Waals surface area contributed by atoms with Gasteiger partial charge in [-0.05, 0) is 4.53 Å². The van der Waals surface area contributed by atoms with Crippen LogP contribution in [0.2, 0.25) is 0 Å². The molecule has 1 atom stereocenters. The minimum atomic E-state index is -5.06. The van der Waals surface area contributed by atoms with Crippen molar-refractivity contribution in [2.75, 3.05) is 0 Å². The third kappa shape index (κ3) is 26.5. The van der Waals surface area contributed by atoms with Crippen molar-refractivity contribution in [3.63, 3.8) is 0 Å². The fourth-order valence-electron chi connectivity index (χ4n) is 0. The summed E-state index contributed by atoms with van der Waals surface area (Å²) < 4.78 is 29.3. The SMILES string of the molecule is O=P([O-])(O)OF.[Na+].[O]=[V]. The van der Waals surface area contributed by atoms with E-state index in [1.807, 2.05) is 4.73 Å². The molecule has 0 saturated heterocycles. The Kier molecular flexibility index (Phi) is 17.6. The van der Waals surface area contributed by atoms with Gasteiger partial charge in [0.05, 0.1) is 0 Å². The van der Waals surface area contributed by atoms with Crippen LogP contribution in [0.1, 0.15) is 0 Å². The molecule has 0 aliphatic carbocycles. The van der Waals surface area contributed by atoms with Crippen molar-refractivity contribution < 1.29 is 74.2 Å². The Morgan fingerprint density at radius 1 is 1.67 bits per heavy atom. The van der Waals surface area contributed by atoms with Gasteiger partial charge < -0.3 is 9.79 Å². The molecule has 0 amide bonds. The van der Waals surface area contributed by atoms with Crippen molar-refractivity contribution in [1.82, 2.24) is 0 Å². The maximum atomic E-state index is 10.2. The third-order valence-corrected chi connectivity index (χ3v) is 0.262. The number of halogens is 1. The van der Waals surface area contributed by atoms with Crippen LogP contribution in [-0.4, -0.2) is 4.89 Å². The van der Waals surface area contributed by atoms with E-state index in [0.29, 0.717) is 0 Å². The van der Waals surface area contributed by atoms with Gasteiger partial charge in [0, 0.05) is 0 Å². The van der Waals surface area contributed by atoms with Gasteiger partial charge in [-0.25, -0.2) is 0 Å². The van der Waals surface area contributed by atoms with Gasteiger partial charge in [-0.15, -0.1) is 4.73 Å². The van der Waals surface area contributed by atoms with Crippen LogP contribution in [0.4, 0.5) is 4.53 Å². The fraction of sp³-hybridized carbons (Fsp3) is 0. The molecule has 0 spiro atoms. The summed E-state index contributed by atoms with van der Waals surface area (Å²) in [6.07, 6.45) is 0. The standard InChI is InChI=1S/FH2O4P.Na.O.V/c1-5-6(2,3)4;;;/h(H2,2,3,4);;;/q;+1;;/p-1. The molecule has 0 fully saturated rings. The normalized spacial score (nSPS) is 13.6. The van der Waals surface area contributed by atoms with Gasteiger partial charge >= 0.3 is 58.4 Å². The molecule has 0 bridgehead atoms. The second kappa shape index (κ2) is 9.42. The second-order valence-corrected chi connectivity index (χ2v) is 1.61. The van der Waals surface area contributed by atoms with Gasteiger partial charge in [0.15, 0.2) is 0 Å². The van der Waals surface area contributed by atoms with E-state index in [9.17, 15) is 4.53 Å². The molecule has 0 saturated carbocycles. The molecule has 0 rings (SSSR count). The van der Waals surface area contributed by atoms with Crippen molar-refractivity contribution in [2.45, 2.75) is 0 Å². The molecule has 1 unspecified atom stereocenters. The summed E-state index contributed by atoms with van der Waals surface area (Å²) in [5.41, 5.74) is 0. The van der Waals surface area contributed by atoms with Crippen LogP contribution in [0.3, 0.4) is 0 Å². The Labute approximate surface area is 81.6 Å². The predicted octanol–water partition coefficient (Wildman–Crippen LogP) is -3.77. The van der Waals surface area contributed by atoms with Crippen molar-refractivity contribution in [1.29, 1.82) is 0 Å². The van der Waals surface area contributed by atoms with Crippen LogP contribution in [0.5, 0.6) is 0 Å². The van der Waals surface area contributed by atoms with E-state index in [0.717, 1.165) is 17.4 Å². The maximum absolute atomic E-state index is 10.2.